The fraction of sp³-hybridized carbons (Fsp3) is 0.718. The second-order valence-electron chi connectivity index (χ2n) is 15.6. The fourth-order valence-corrected chi connectivity index (χ4v) is 8.48. The molecule has 3 aliphatic heterocycles. The van der Waals surface area contributed by atoms with Crippen LogP contribution in [0.4, 0.5) is 4.79 Å². The molecule has 14 nitrogen and oxygen atoms in total. The largest absolute Gasteiger partial charge is 0.458 e. The summed E-state index contributed by atoms with van der Waals surface area (Å²) < 4.78 is 37.3. The summed E-state index contributed by atoms with van der Waals surface area (Å²) in [6, 6.07) is 7.29. The third kappa shape index (κ3) is 8.46. The Labute approximate surface area is 313 Å². The minimum Gasteiger partial charge on any atom is -0.458 e. The number of rotatable bonds is 8. The van der Waals surface area contributed by atoms with Crippen molar-refractivity contribution in [3.63, 3.8) is 0 Å². The number of ether oxygens (including phenoxy) is 6. The quantitative estimate of drug-likeness (QED) is 0.131. The average Bonchev–Trinajstić information content (AvgIpc) is 3.36. The zero-order valence-electron chi connectivity index (χ0n) is 33.0. The minimum absolute atomic E-state index is 0.0772. The SMILES string of the molecule is CCC1C(=O)[C@H](C)C[C@](C)(OC)[C@H](O[C@@H]2O[C@H](C)C[C@H](N(C)C)[C@H]2OC(=O)c2ccccc2)[C@@H](C)C(=O)[C@@H](C)C(=O)O[C@H](CC)[C@@]2(C)OC(=O)N(N)[C@H]12. The molecular formula is C39H59N3O11. The number of esters is 2. The number of benzene rings is 1. The molecule has 53 heavy (non-hydrogen) atoms. The third-order valence-electron chi connectivity index (χ3n) is 11.6. The average molecular weight is 746 g/mol. The van der Waals surface area contributed by atoms with Crippen LogP contribution in [0.3, 0.4) is 0 Å². The highest BCUT2D eigenvalue weighted by atomic mass is 16.7. The molecule has 1 amide bonds. The van der Waals surface area contributed by atoms with Gasteiger partial charge in [0.15, 0.2) is 23.8 Å². The third-order valence-corrected chi connectivity index (χ3v) is 11.6. The molecule has 14 heteroatoms. The number of Topliss-reactive ketones (excluding diaryl/α,β-unsaturated/α-hetero) is 2. The molecule has 1 aromatic carbocycles. The predicted octanol–water partition coefficient (Wildman–Crippen LogP) is 4.32. The van der Waals surface area contributed by atoms with E-state index in [2.05, 4.69) is 0 Å². The molecule has 13 atom stereocenters. The second-order valence-corrected chi connectivity index (χ2v) is 15.6. The Balaban J connectivity index is 1.81. The number of ketones is 2. The number of carbonyl (C=O) groups is 5. The highest BCUT2D eigenvalue weighted by Crippen LogP contribution is 2.43. The van der Waals surface area contributed by atoms with Crippen LogP contribution in [0.1, 0.15) is 91.4 Å². The van der Waals surface area contributed by atoms with Crippen molar-refractivity contribution >= 4 is 29.6 Å². The van der Waals surface area contributed by atoms with Crippen molar-refractivity contribution in [3.8, 4) is 0 Å². The van der Waals surface area contributed by atoms with Crippen LogP contribution >= 0.6 is 0 Å². The normalized spacial score (nSPS) is 38.9. The van der Waals surface area contributed by atoms with Crippen molar-refractivity contribution in [3.05, 3.63) is 35.9 Å². The summed E-state index contributed by atoms with van der Waals surface area (Å²) in [4.78, 5) is 71.1. The van der Waals surface area contributed by atoms with Crippen molar-refractivity contribution in [2.75, 3.05) is 21.2 Å². The molecule has 1 unspecified atom stereocenters. The Bertz CT molecular complexity index is 1490. The minimum atomic E-state index is -1.48. The van der Waals surface area contributed by atoms with Gasteiger partial charge in [-0.1, -0.05) is 45.9 Å². The van der Waals surface area contributed by atoms with Crippen LogP contribution in [0.5, 0.6) is 0 Å². The van der Waals surface area contributed by atoms with Gasteiger partial charge in [0.2, 0.25) is 0 Å². The Morgan fingerprint density at radius 1 is 1.00 bits per heavy atom. The van der Waals surface area contributed by atoms with Crippen LogP contribution in [0.2, 0.25) is 0 Å². The van der Waals surface area contributed by atoms with Gasteiger partial charge in [-0.15, -0.1) is 0 Å². The lowest BCUT2D eigenvalue weighted by molar-refractivity contribution is -0.294. The molecule has 3 saturated heterocycles. The van der Waals surface area contributed by atoms with E-state index in [0.29, 0.717) is 18.4 Å². The molecule has 3 heterocycles. The van der Waals surface area contributed by atoms with E-state index in [0.717, 1.165) is 5.01 Å². The molecule has 1 aromatic rings. The number of methoxy groups -OCH3 is 1. The van der Waals surface area contributed by atoms with E-state index < -0.39 is 89.3 Å². The lowest BCUT2D eigenvalue weighted by atomic mass is 9.72. The van der Waals surface area contributed by atoms with E-state index in [9.17, 15) is 24.0 Å². The highest BCUT2D eigenvalue weighted by molar-refractivity contribution is 6.00. The molecule has 2 N–H and O–H groups in total. The van der Waals surface area contributed by atoms with Gasteiger partial charge >= 0.3 is 18.0 Å². The number of fused-ring (bicyclic) bond motifs is 1. The molecular weight excluding hydrogens is 686 g/mol. The number of amides is 1. The van der Waals surface area contributed by atoms with Crippen molar-refractivity contribution < 1.29 is 52.4 Å². The van der Waals surface area contributed by atoms with Gasteiger partial charge in [-0.05, 0) is 79.6 Å². The van der Waals surface area contributed by atoms with Crippen molar-refractivity contribution in [1.82, 2.24) is 9.91 Å². The molecule has 3 fully saturated rings. The van der Waals surface area contributed by atoms with Crippen molar-refractivity contribution in [2.45, 2.75) is 135 Å². The van der Waals surface area contributed by atoms with Gasteiger partial charge in [0.05, 0.1) is 29.4 Å². The maximum absolute atomic E-state index is 14.5. The Hall–Kier alpha value is -3.43. The summed E-state index contributed by atoms with van der Waals surface area (Å²) in [5.74, 6) is 0.414. The molecule has 0 spiro atoms. The maximum Gasteiger partial charge on any atom is 0.425 e. The van der Waals surface area contributed by atoms with Gasteiger partial charge in [0.25, 0.3) is 0 Å². The lowest BCUT2D eigenvalue weighted by Gasteiger charge is -2.47. The molecule has 296 valence electrons. The van der Waals surface area contributed by atoms with E-state index in [4.69, 9.17) is 34.3 Å². The highest BCUT2D eigenvalue weighted by Gasteiger charge is 2.61. The van der Waals surface area contributed by atoms with Crippen LogP contribution in [0.15, 0.2) is 30.3 Å². The molecule has 4 rings (SSSR count). The standard InChI is InChI=1S/C39H59N3O11/c1-12-26-29(43)21(3)20-38(7,48-11)33(23(5)30(44)24(6)34(45)50-28(13-2)39(8)32(26)42(40)37(47)53-39)52-36-31(27(41(9)10)19-22(4)49-36)51-35(46)25-17-15-14-16-18-25/h14-18,21-24,26-28,31-33,36H,12-13,19-20,40H2,1-11H3/t21-,22-,23+,24-,26?,27+,28-,31-,32-,33-,36+,38+,39-/m1/s1. The second kappa shape index (κ2) is 16.9. The summed E-state index contributed by atoms with van der Waals surface area (Å²) in [7, 11) is 5.22. The first-order valence-corrected chi connectivity index (χ1v) is 18.7. The Kier molecular flexibility index (Phi) is 13.5. The monoisotopic (exact) mass is 745 g/mol. The summed E-state index contributed by atoms with van der Waals surface area (Å²) in [6.07, 6.45) is -4.27. The zero-order valence-corrected chi connectivity index (χ0v) is 33.0. The number of cyclic esters (lactones) is 1. The number of nitrogens with two attached hydrogens (primary N) is 1. The Morgan fingerprint density at radius 2 is 1.64 bits per heavy atom. The summed E-state index contributed by atoms with van der Waals surface area (Å²) in [6.45, 7) is 13.7. The van der Waals surface area contributed by atoms with Crippen LogP contribution in [-0.2, 0) is 42.8 Å². The number of hydrazine groups is 1. The van der Waals surface area contributed by atoms with E-state index in [1.165, 1.54) is 14.0 Å². The summed E-state index contributed by atoms with van der Waals surface area (Å²) in [5, 5.41) is 0.916. The van der Waals surface area contributed by atoms with E-state index in [1.54, 1.807) is 65.0 Å². The molecule has 3 aliphatic rings. The van der Waals surface area contributed by atoms with Crippen LogP contribution in [0, 0.1) is 23.7 Å². The molecule has 0 aromatic heterocycles. The van der Waals surface area contributed by atoms with Crippen molar-refractivity contribution in [2.24, 2.45) is 29.5 Å². The smallest absolute Gasteiger partial charge is 0.425 e. The lowest BCUT2D eigenvalue weighted by Crippen LogP contribution is -2.61. The number of nitrogens with zero attached hydrogens (tertiary/aromatic N) is 2. The number of likely N-dealkylation sites (N-methyl/N-ethyl adjacent to an activating group) is 1. The topological polar surface area (TPSA) is 173 Å². The van der Waals surface area contributed by atoms with E-state index >= 15 is 0 Å². The van der Waals surface area contributed by atoms with E-state index in [1.807, 2.05) is 32.8 Å². The first-order valence-electron chi connectivity index (χ1n) is 18.7. The van der Waals surface area contributed by atoms with Gasteiger partial charge in [-0.2, -0.15) is 0 Å². The Morgan fingerprint density at radius 3 is 2.21 bits per heavy atom. The molecule has 0 aliphatic carbocycles. The van der Waals surface area contributed by atoms with Gasteiger partial charge in [-0.3, -0.25) is 14.4 Å². The van der Waals surface area contributed by atoms with Crippen molar-refractivity contribution in [1.29, 1.82) is 0 Å². The number of carbonyl (C=O) groups excluding carboxylic acids is 5. The van der Waals surface area contributed by atoms with Gasteiger partial charge < -0.3 is 33.3 Å². The first-order chi connectivity index (χ1) is 24.8. The van der Waals surface area contributed by atoms with Crippen LogP contribution < -0.4 is 5.84 Å². The molecule has 0 bridgehead atoms. The maximum atomic E-state index is 14.5. The number of hydrogen-bond acceptors (Lipinski definition) is 13. The molecule has 0 saturated carbocycles. The first kappa shape index (κ1) is 42.3. The fourth-order valence-electron chi connectivity index (χ4n) is 8.48. The molecule has 0 radical (unpaired) electrons. The van der Waals surface area contributed by atoms with E-state index in [-0.39, 0.29) is 30.8 Å². The zero-order chi connectivity index (χ0) is 39.6. The van der Waals surface area contributed by atoms with Gasteiger partial charge in [0.1, 0.15) is 23.8 Å². The predicted molar refractivity (Wildman–Crippen MR) is 193 cm³/mol. The summed E-state index contributed by atoms with van der Waals surface area (Å²) >= 11 is 0. The van der Waals surface area contributed by atoms with Gasteiger partial charge in [-0.25, -0.2) is 20.4 Å². The summed E-state index contributed by atoms with van der Waals surface area (Å²) in [5.41, 5.74) is -2.46. The number of hydrogen-bond donors (Lipinski definition) is 1. The van der Waals surface area contributed by atoms with Crippen LogP contribution in [0.25, 0.3) is 0 Å². The van der Waals surface area contributed by atoms with Gasteiger partial charge in [0, 0.05) is 24.9 Å². The van der Waals surface area contributed by atoms with Crippen LogP contribution in [-0.4, -0.2) is 115 Å².